The van der Waals surface area contributed by atoms with Crippen LogP contribution in [0.25, 0.3) is 0 Å². The Labute approximate surface area is 239 Å². The molecule has 2 amide bonds. The van der Waals surface area contributed by atoms with Crippen molar-refractivity contribution >= 4 is 63.7 Å². The van der Waals surface area contributed by atoms with Gasteiger partial charge in [-0.2, -0.15) is 9.36 Å². The van der Waals surface area contributed by atoms with Gasteiger partial charge in [0.1, 0.15) is 16.8 Å². The molecule has 3 atom stereocenters. The summed E-state index contributed by atoms with van der Waals surface area (Å²) in [6.45, 7) is 0.689. The van der Waals surface area contributed by atoms with Gasteiger partial charge in [-0.3, -0.25) is 14.4 Å². The first-order chi connectivity index (χ1) is 19.3. The van der Waals surface area contributed by atoms with E-state index in [4.69, 9.17) is 16.3 Å². The number of β-lactam (4-membered cyclic amide) rings is 1. The van der Waals surface area contributed by atoms with Crippen LogP contribution in [-0.2, 0) is 20.9 Å². The van der Waals surface area contributed by atoms with E-state index in [9.17, 15) is 19.5 Å². The van der Waals surface area contributed by atoms with Gasteiger partial charge in [-0.15, -0.1) is 16.9 Å². The molecule has 4 heterocycles. The highest BCUT2D eigenvalue weighted by Gasteiger charge is 2.57. The summed E-state index contributed by atoms with van der Waals surface area (Å²) in [7, 11) is 0. The number of nitrogens with zero attached hydrogens (tertiary/aromatic N) is 8. The fourth-order valence-electron chi connectivity index (χ4n) is 3.98. The quantitative estimate of drug-likeness (QED) is 0.0899. The molecule has 2 unspecified atom stereocenters. The number of aliphatic carboxylic acids is 1. The molecule has 19 heteroatoms. The molecular formula is C21H23N11O5S3. The molecule has 0 aliphatic carbocycles. The van der Waals surface area contributed by atoms with Crippen molar-refractivity contribution in [1.82, 2.24) is 39.8 Å². The van der Waals surface area contributed by atoms with Gasteiger partial charge in [0, 0.05) is 36.1 Å². The van der Waals surface area contributed by atoms with E-state index in [0.717, 1.165) is 11.5 Å². The van der Waals surface area contributed by atoms with Gasteiger partial charge in [0.05, 0.1) is 6.54 Å². The molecule has 5 rings (SSSR count). The van der Waals surface area contributed by atoms with Crippen LogP contribution in [0.4, 0.5) is 5.13 Å². The van der Waals surface area contributed by atoms with Gasteiger partial charge in [-0.05, 0) is 22.6 Å². The molecule has 0 saturated carbocycles. The Kier molecular flexibility index (Phi) is 8.14. The van der Waals surface area contributed by atoms with Gasteiger partial charge in [0.15, 0.2) is 10.9 Å². The number of nitrogen functional groups attached to an aromatic ring is 1. The normalized spacial score (nSPS) is 22.4. The molecular weight excluding hydrogens is 583 g/mol. The van der Waals surface area contributed by atoms with E-state index in [0.29, 0.717) is 24.0 Å². The van der Waals surface area contributed by atoms with E-state index in [-0.39, 0.29) is 34.7 Å². The van der Waals surface area contributed by atoms with Crippen LogP contribution in [0.2, 0.25) is 0 Å². The Morgan fingerprint density at radius 2 is 2.12 bits per heavy atom. The number of rotatable bonds is 11. The third kappa shape index (κ3) is 5.58. The van der Waals surface area contributed by atoms with Crippen LogP contribution in [0.15, 0.2) is 40.6 Å². The Balaban J connectivity index is 1.26. The summed E-state index contributed by atoms with van der Waals surface area (Å²) in [5, 5.41) is 28.2. The summed E-state index contributed by atoms with van der Waals surface area (Å²) >= 11 is 3.35. The Morgan fingerprint density at radius 1 is 1.32 bits per heavy atom. The number of carboxylic acid groups (broad SMARTS) is 1. The molecule has 0 bridgehead atoms. The summed E-state index contributed by atoms with van der Waals surface area (Å²) < 4.78 is 5.55. The third-order valence-electron chi connectivity index (χ3n) is 6.06. The molecule has 0 spiro atoms. The van der Waals surface area contributed by atoms with Crippen molar-refractivity contribution in [1.29, 1.82) is 0 Å². The monoisotopic (exact) mass is 605 g/mol. The lowest BCUT2D eigenvalue weighted by Gasteiger charge is -2.53. The minimum Gasteiger partial charge on any atom is -0.481 e. The van der Waals surface area contributed by atoms with Crippen LogP contribution in [0, 0.1) is 5.41 Å². The van der Waals surface area contributed by atoms with Gasteiger partial charge in [0.25, 0.3) is 5.91 Å². The zero-order valence-electron chi connectivity index (χ0n) is 20.6. The number of nitrogens with two attached hydrogens (primary N) is 2. The van der Waals surface area contributed by atoms with Crippen LogP contribution >= 0.6 is 35.1 Å². The number of para-hydroxylation sites is 1. The lowest BCUT2D eigenvalue weighted by molar-refractivity contribution is -0.157. The number of carbonyl (C=O) groups excluding carboxylic acids is 2. The number of hydrogen-bond acceptors (Lipinski definition) is 15. The maximum atomic E-state index is 13.2. The van der Waals surface area contributed by atoms with Crippen molar-refractivity contribution in [3.8, 4) is 5.75 Å². The first-order valence-electron chi connectivity index (χ1n) is 11.8. The average Bonchev–Trinajstić information content (AvgIpc) is 3.59. The summed E-state index contributed by atoms with van der Waals surface area (Å²) in [4.78, 5) is 49.5. The average molecular weight is 606 g/mol. The van der Waals surface area contributed by atoms with E-state index >= 15 is 0 Å². The van der Waals surface area contributed by atoms with Crippen molar-refractivity contribution in [2.24, 2.45) is 16.3 Å². The molecule has 0 radical (unpaired) electrons. The molecule has 2 aliphatic heterocycles. The number of oxime groups is 1. The number of carboxylic acids is 1. The minimum atomic E-state index is -1.24. The van der Waals surface area contributed by atoms with E-state index in [1.54, 1.807) is 30.3 Å². The number of anilines is 1. The zero-order valence-corrected chi connectivity index (χ0v) is 23.1. The zero-order chi connectivity index (χ0) is 28.3. The van der Waals surface area contributed by atoms with Crippen molar-refractivity contribution < 1.29 is 24.3 Å². The summed E-state index contributed by atoms with van der Waals surface area (Å²) in [5.41, 5.74) is 9.77. The smallest absolute Gasteiger partial charge is 0.313 e. The molecule has 6 N–H and O–H groups in total. The second-order valence-corrected chi connectivity index (χ2v) is 11.6. The molecule has 40 heavy (non-hydrogen) atoms. The molecule has 2 aromatic heterocycles. The van der Waals surface area contributed by atoms with Crippen molar-refractivity contribution in [3.63, 3.8) is 0 Å². The molecule has 2 aliphatic rings. The van der Waals surface area contributed by atoms with Crippen LogP contribution in [0.3, 0.4) is 0 Å². The van der Waals surface area contributed by atoms with Gasteiger partial charge < -0.3 is 31.6 Å². The number of nitrogens with one attached hydrogen (secondary N) is 1. The van der Waals surface area contributed by atoms with E-state index < -0.39 is 34.6 Å². The van der Waals surface area contributed by atoms with E-state index in [2.05, 4.69) is 35.4 Å². The van der Waals surface area contributed by atoms with Crippen molar-refractivity contribution in [3.05, 3.63) is 36.2 Å². The first-order valence-corrected chi connectivity index (χ1v) is 14.6. The third-order valence-corrected chi connectivity index (χ3v) is 9.43. The first kappa shape index (κ1) is 27.7. The number of tetrazole rings is 1. The van der Waals surface area contributed by atoms with E-state index in [1.165, 1.54) is 33.1 Å². The standard InChI is InChI=1S/C21H23N11O5S3/c22-6-7-32-20(26-29-30-32)39-10-21(18(35)36)8-31-16(34)13(17(31)38-9-21)24-15(33)12(14-25-19(23)40-28-14)27-37-11-4-2-1-3-5-11/h1-5,13,17H,6-10,22H2,(H,24,33)(H,35,36)(H2,23,25,28)/t13?,17-,21?/m1/s1. The number of amides is 2. The number of fused-ring (bicyclic) bond motifs is 1. The number of carbonyl (C=O) groups is 3. The predicted molar refractivity (Wildman–Crippen MR) is 145 cm³/mol. The molecule has 3 aromatic rings. The summed E-state index contributed by atoms with van der Waals surface area (Å²) in [5.74, 6) is -1.51. The van der Waals surface area contributed by atoms with Crippen LogP contribution in [0.5, 0.6) is 5.75 Å². The largest absolute Gasteiger partial charge is 0.481 e. The maximum Gasteiger partial charge on any atom is 0.313 e. The SMILES string of the molecule is NCCn1nnnc1SCC1(C(=O)O)CS[C@@H]2C(NC(=O)C(=NOc3ccccc3)c3nsc(N)n3)C(=O)N2C1. The van der Waals surface area contributed by atoms with Crippen molar-refractivity contribution in [2.45, 2.75) is 23.1 Å². The molecule has 210 valence electrons. The highest BCUT2D eigenvalue weighted by Crippen LogP contribution is 2.44. The van der Waals surface area contributed by atoms with Gasteiger partial charge in [-0.1, -0.05) is 35.1 Å². The Bertz CT molecular complexity index is 1430. The Hall–Kier alpha value is -3.81. The van der Waals surface area contributed by atoms with E-state index in [1.807, 2.05) is 0 Å². The predicted octanol–water partition coefficient (Wildman–Crippen LogP) is -0.888. The Morgan fingerprint density at radius 3 is 2.83 bits per heavy atom. The second kappa shape index (κ2) is 11.7. The number of thioether (sulfide) groups is 2. The number of hydrogen-bond donors (Lipinski definition) is 4. The molecule has 2 fully saturated rings. The van der Waals surface area contributed by atoms with Crippen molar-refractivity contribution in [2.75, 3.05) is 30.3 Å². The van der Waals surface area contributed by atoms with Crippen LogP contribution < -0.4 is 21.6 Å². The fraction of sp³-hybridized carbons (Fsp3) is 0.381. The minimum absolute atomic E-state index is 0.0289. The van der Waals surface area contributed by atoms with Gasteiger partial charge in [0.2, 0.25) is 22.6 Å². The molecule has 1 aromatic carbocycles. The molecule has 16 nitrogen and oxygen atoms in total. The highest BCUT2D eigenvalue weighted by atomic mass is 32.2. The summed E-state index contributed by atoms with van der Waals surface area (Å²) in [6.07, 6.45) is 0. The highest BCUT2D eigenvalue weighted by molar-refractivity contribution is 8.00. The second-order valence-electron chi connectivity index (χ2n) is 8.77. The van der Waals surface area contributed by atoms with Crippen LogP contribution in [0.1, 0.15) is 5.82 Å². The maximum absolute atomic E-state index is 13.2. The van der Waals surface area contributed by atoms with Crippen LogP contribution in [-0.4, -0.2) is 99.1 Å². The van der Waals surface area contributed by atoms with Gasteiger partial charge >= 0.3 is 5.97 Å². The number of benzene rings is 1. The molecule has 2 saturated heterocycles. The number of aromatic nitrogens is 6. The topological polar surface area (TPSA) is 230 Å². The lowest BCUT2D eigenvalue weighted by atomic mass is 9.89. The fourth-order valence-corrected chi connectivity index (χ4v) is 7.17. The van der Waals surface area contributed by atoms with Gasteiger partial charge in [-0.25, -0.2) is 4.68 Å². The lowest BCUT2D eigenvalue weighted by Crippen LogP contribution is -2.74. The summed E-state index contributed by atoms with van der Waals surface area (Å²) in [6, 6.07) is 7.68.